The van der Waals surface area contributed by atoms with Crippen LogP contribution in [0.1, 0.15) is 23.0 Å². The molecular formula is C20H15ClO2. The first-order valence-corrected chi connectivity index (χ1v) is 7.65. The van der Waals surface area contributed by atoms with Crippen molar-refractivity contribution in [1.29, 1.82) is 0 Å². The van der Waals surface area contributed by atoms with E-state index >= 15 is 0 Å². The van der Waals surface area contributed by atoms with Crippen LogP contribution >= 0.6 is 11.6 Å². The fraction of sp³-hybridized carbons (Fsp3) is 0.0500. The summed E-state index contributed by atoms with van der Waals surface area (Å²) in [4.78, 5) is 12.3. The van der Waals surface area contributed by atoms with Gasteiger partial charge in [-0.05, 0) is 49.4 Å². The second-order valence-corrected chi connectivity index (χ2v) is 5.67. The molecule has 0 aliphatic heterocycles. The van der Waals surface area contributed by atoms with Gasteiger partial charge in [0.05, 0.1) is 0 Å². The molecule has 0 fully saturated rings. The Morgan fingerprint density at radius 2 is 1.65 bits per heavy atom. The molecule has 0 spiro atoms. The summed E-state index contributed by atoms with van der Waals surface area (Å²) in [7, 11) is 0. The molecule has 2 nitrogen and oxygen atoms in total. The second-order valence-electron chi connectivity index (χ2n) is 5.23. The molecule has 0 radical (unpaired) electrons. The van der Waals surface area contributed by atoms with E-state index in [1.165, 1.54) is 0 Å². The average molecular weight is 323 g/mol. The van der Waals surface area contributed by atoms with Crippen molar-refractivity contribution in [3.05, 3.63) is 88.6 Å². The van der Waals surface area contributed by atoms with Gasteiger partial charge in [0, 0.05) is 21.7 Å². The smallest absolute Gasteiger partial charge is 0.188 e. The molecular weight excluding hydrogens is 308 g/mol. The van der Waals surface area contributed by atoms with E-state index in [2.05, 4.69) is 0 Å². The van der Waals surface area contributed by atoms with Crippen molar-refractivity contribution in [3.8, 4) is 11.3 Å². The van der Waals surface area contributed by atoms with Crippen molar-refractivity contribution < 1.29 is 9.21 Å². The third kappa shape index (κ3) is 3.61. The average Bonchev–Trinajstić information content (AvgIpc) is 3.04. The van der Waals surface area contributed by atoms with Crippen LogP contribution in [-0.4, -0.2) is 5.78 Å². The third-order valence-electron chi connectivity index (χ3n) is 3.51. The minimum Gasteiger partial charge on any atom is -0.457 e. The molecule has 0 aliphatic carbocycles. The number of benzene rings is 2. The quantitative estimate of drug-likeness (QED) is 0.443. The number of carbonyl (C=O) groups is 1. The number of furan rings is 1. The van der Waals surface area contributed by atoms with Crippen molar-refractivity contribution in [1.82, 2.24) is 0 Å². The van der Waals surface area contributed by atoms with Gasteiger partial charge in [-0.1, -0.05) is 41.9 Å². The molecule has 0 N–H and O–H groups in total. The molecule has 3 aromatic rings. The summed E-state index contributed by atoms with van der Waals surface area (Å²) in [6.45, 7) is 1.79. The minimum atomic E-state index is -0.00459. The Kier molecular flexibility index (Phi) is 4.45. The SMILES string of the molecule is C/C(=C\c1ccc(-c2ccc(Cl)cc2)o1)C(=O)c1ccccc1. The van der Waals surface area contributed by atoms with Gasteiger partial charge in [0.15, 0.2) is 5.78 Å². The maximum Gasteiger partial charge on any atom is 0.188 e. The van der Waals surface area contributed by atoms with Gasteiger partial charge < -0.3 is 4.42 Å². The number of Topliss-reactive ketones (excluding diaryl/α,β-unsaturated/α-hetero) is 1. The van der Waals surface area contributed by atoms with E-state index in [4.69, 9.17) is 16.0 Å². The number of rotatable bonds is 4. The first kappa shape index (κ1) is 15.3. The molecule has 0 unspecified atom stereocenters. The molecule has 23 heavy (non-hydrogen) atoms. The zero-order valence-corrected chi connectivity index (χ0v) is 13.4. The van der Waals surface area contributed by atoms with Crippen LogP contribution < -0.4 is 0 Å². The first-order chi connectivity index (χ1) is 11.1. The lowest BCUT2D eigenvalue weighted by Crippen LogP contribution is -1.99. The number of hydrogen-bond donors (Lipinski definition) is 0. The Hall–Kier alpha value is -2.58. The zero-order valence-electron chi connectivity index (χ0n) is 12.6. The molecule has 0 aliphatic rings. The highest BCUT2D eigenvalue weighted by atomic mass is 35.5. The van der Waals surface area contributed by atoms with Gasteiger partial charge in [-0.3, -0.25) is 4.79 Å². The normalized spacial score (nSPS) is 11.5. The fourth-order valence-corrected chi connectivity index (χ4v) is 2.42. The Balaban J connectivity index is 1.83. The summed E-state index contributed by atoms with van der Waals surface area (Å²) in [6, 6.07) is 20.4. The molecule has 0 amide bonds. The standard InChI is InChI=1S/C20H15ClO2/c1-14(20(22)16-5-3-2-4-6-16)13-18-11-12-19(23-18)15-7-9-17(21)10-8-15/h2-13H,1H3/b14-13+. The Labute approximate surface area is 140 Å². The Morgan fingerprint density at radius 1 is 0.957 bits per heavy atom. The van der Waals surface area contributed by atoms with Crippen LogP contribution in [0.25, 0.3) is 17.4 Å². The Bertz CT molecular complexity index is 843. The number of ketones is 1. The molecule has 0 atom stereocenters. The predicted molar refractivity (Wildman–Crippen MR) is 93.6 cm³/mol. The number of hydrogen-bond acceptors (Lipinski definition) is 2. The molecule has 0 bridgehead atoms. The maximum absolute atomic E-state index is 12.3. The summed E-state index contributed by atoms with van der Waals surface area (Å²) in [5.41, 5.74) is 2.25. The highest BCUT2D eigenvalue weighted by molar-refractivity contribution is 6.30. The van der Waals surface area contributed by atoms with E-state index in [0.29, 0.717) is 21.9 Å². The lowest BCUT2D eigenvalue weighted by molar-refractivity contribution is 0.103. The molecule has 0 saturated heterocycles. The van der Waals surface area contributed by atoms with Crippen molar-refractivity contribution in [2.45, 2.75) is 6.92 Å². The molecule has 3 rings (SSSR count). The second kappa shape index (κ2) is 6.67. The summed E-state index contributed by atoms with van der Waals surface area (Å²) >= 11 is 5.89. The highest BCUT2D eigenvalue weighted by Gasteiger charge is 2.09. The third-order valence-corrected chi connectivity index (χ3v) is 3.76. The molecule has 114 valence electrons. The van der Waals surface area contributed by atoms with Gasteiger partial charge >= 0.3 is 0 Å². The summed E-state index contributed by atoms with van der Waals surface area (Å²) in [5.74, 6) is 1.39. The topological polar surface area (TPSA) is 30.2 Å². The van der Waals surface area contributed by atoms with Crippen LogP contribution in [0.2, 0.25) is 5.02 Å². The molecule has 1 heterocycles. The van der Waals surface area contributed by atoms with E-state index in [0.717, 1.165) is 11.3 Å². The summed E-state index contributed by atoms with van der Waals surface area (Å²) in [6.07, 6.45) is 1.76. The summed E-state index contributed by atoms with van der Waals surface area (Å²) in [5, 5.41) is 0.685. The van der Waals surface area contributed by atoms with E-state index in [9.17, 15) is 4.79 Å². The zero-order chi connectivity index (χ0) is 16.2. The summed E-state index contributed by atoms with van der Waals surface area (Å²) < 4.78 is 5.79. The van der Waals surface area contributed by atoms with Crippen molar-refractivity contribution >= 4 is 23.5 Å². The van der Waals surface area contributed by atoms with E-state index in [1.807, 2.05) is 54.6 Å². The van der Waals surface area contributed by atoms with E-state index in [1.54, 1.807) is 25.1 Å². The molecule has 0 saturated carbocycles. The van der Waals surface area contributed by atoms with Crippen LogP contribution in [-0.2, 0) is 0 Å². The van der Waals surface area contributed by atoms with E-state index in [-0.39, 0.29) is 5.78 Å². The molecule has 1 aromatic heterocycles. The van der Waals surface area contributed by atoms with Gasteiger partial charge in [0.25, 0.3) is 0 Å². The van der Waals surface area contributed by atoms with E-state index < -0.39 is 0 Å². The predicted octanol–water partition coefficient (Wildman–Crippen LogP) is 5.89. The van der Waals surface area contributed by atoms with Gasteiger partial charge in [0.1, 0.15) is 11.5 Å². The molecule has 2 aromatic carbocycles. The fourth-order valence-electron chi connectivity index (χ4n) is 2.30. The van der Waals surface area contributed by atoms with Crippen LogP contribution in [0.4, 0.5) is 0 Å². The lowest BCUT2D eigenvalue weighted by atomic mass is 10.0. The van der Waals surface area contributed by atoms with Crippen molar-refractivity contribution in [3.63, 3.8) is 0 Å². The highest BCUT2D eigenvalue weighted by Crippen LogP contribution is 2.25. The van der Waals surface area contributed by atoms with Crippen LogP contribution in [0.5, 0.6) is 0 Å². The van der Waals surface area contributed by atoms with Crippen molar-refractivity contribution in [2.24, 2.45) is 0 Å². The largest absolute Gasteiger partial charge is 0.457 e. The lowest BCUT2D eigenvalue weighted by Gasteiger charge is -2.00. The first-order valence-electron chi connectivity index (χ1n) is 7.27. The van der Waals surface area contributed by atoms with Crippen molar-refractivity contribution in [2.75, 3.05) is 0 Å². The minimum absolute atomic E-state index is 0.00459. The van der Waals surface area contributed by atoms with Gasteiger partial charge in [-0.2, -0.15) is 0 Å². The number of halogens is 1. The molecule has 3 heteroatoms. The number of carbonyl (C=O) groups excluding carboxylic acids is 1. The number of allylic oxidation sites excluding steroid dienone is 1. The van der Waals surface area contributed by atoms with Gasteiger partial charge in [-0.25, -0.2) is 0 Å². The van der Waals surface area contributed by atoms with Crippen LogP contribution in [0, 0.1) is 0 Å². The van der Waals surface area contributed by atoms with Gasteiger partial charge in [0.2, 0.25) is 0 Å². The monoisotopic (exact) mass is 322 g/mol. The van der Waals surface area contributed by atoms with Crippen LogP contribution in [0.3, 0.4) is 0 Å². The maximum atomic E-state index is 12.3. The van der Waals surface area contributed by atoms with Gasteiger partial charge in [-0.15, -0.1) is 0 Å². The Morgan fingerprint density at radius 3 is 2.35 bits per heavy atom. The van der Waals surface area contributed by atoms with Crippen LogP contribution in [0.15, 0.2) is 76.7 Å².